The van der Waals surface area contributed by atoms with Crippen molar-refractivity contribution in [1.82, 2.24) is 9.78 Å². The number of hydrogen-bond donors (Lipinski definition) is 0. The van der Waals surface area contributed by atoms with E-state index in [4.69, 9.17) is 4.74 Å². The van der Waals surface area contributed by atoms with Crippen LogP contribution in [0.5, 0.6) is 11.5 Å². The highest BCUT2D eigenvalue weighted by Gasteiger charge is 2.49. The van der Waals surface area contributed by atoms with Crippen molar-refractivity contribution in [1.29, 1.82) is 5.26 Å². The molecule has 0 spiro atoms. The summed E-state index contributed by atoms with van der Waals surface area (Å²) in [4.78, 5) is 1.95. The normalized spacial score (nSPS) is 16.6. The summed E-state index contributed by atoms with van der Waals surface area (Å²) >= 11 is 0. The van der Waals surface area contributed by atoms with E-state index in [1.807, 2.05) is 24.0 Å². The van der Waals surface area contributed by atoms with Crippen LogP contribution in [-0.2, 0) is 16.7 Å². The van der Waals surface area contributed by atoms with Gasteiger partial charge in [-0.1, -0.05) is 12.1 Å². The van der Waals surface area contributed by atoms with Crippen molar-refractivity contribution in [2.75, 3.05) is 18.6 Å². The van der Waals surface area contributed by atoms with Crippen LogP contribution in [-0.4, -0.2) is 43.4 Å². The Kier molecular flexibility index (Phi) is 6.07. The molecule has 3 aromatic rings. The SMILES string of the molecule is COc1ccc(Cn2cc3c(N4CCCC4C)cc(OS(=O)(=O)C(F)(F)F)c(C#N)c3n2)cc1. The maximum absolute atomic E-state index is 13.0. The molecule has 1 fully saturated rings. The summed E-state index contributed by atoms with van der Waals surface area (Å²) in [5.74, 6) is -0.0183. The van der Waals surface area contributed by atoms with Crippen LogP contribution >= 0.6 is 0 Å². The molecule has 1 aliphatic rings. The van der Waals surface area contributed by atoms with Gasteiger partial charge in [-0.05, 0) is 37.5 Å². The topological polar surface area (TPSA) is 97.5 Å². The Morgan fingerprint density at radius 3 is 2.53 bits per heavy atom. The maximum atomic E-state index is 13.0. The lowest BCUT2D eigenvalue weighted by Crippen LogP contribution is -2.29. The van der Waals surface area contributed by atoms with Crippen molar-refractivity contribution in [3.8, 4) is 17.6 Å². The summed E-state index contributed by atoms with van der Waals surface area (Å²) in [6.07, 6.45) is 3.42. The monoisotopic (exact) mass is 494 g/mol. The van der Waals surface area contributed by atoms with Crippen LogP contribution in [0.1, 0.15) is 30.9 Å². The zero-order valence-corrected chi connectivity index (χ0v) is 19.2. The van der Waals surface area contributed by atoms with E-state index in [9.17, 15) is 26.9 Å². The van der Waals surface area contributed by atoms with Crippen LogP contribution in [0, 0.1) is 11.3 Å². The molecular formula is C22H21F3N4O4S. The van der Waals surface area contributed by atoms with E-state index in [0.717, 1.165) is 18.4 Å². The Bertz CT molecular complexity index is 1360. The van der Waals surface area contributed by atoms with Crippen molar-refractivity contribution < 1.29 is 30.5 Å². The number of rotatable bonds is 6. The van der Waals surface area contributed by atoms with Gasteiger partial charge in [0, 0.05) is 30.2 Å². The average Bonchev–Trinajstić information content (AvgIpc) is 3.38. The Labute approximate surface area is 194 Å². The lowest BCUT2D eigenvalue weighted by atomic mass is 10.1. The Morgan fingerprint density at radius 2 is 1.97 bits per heavy atom. The van der Waals surface area contributed by atoms with E-state index in [2.05, 4.69) is 9.28 Å². The number of fused-ring (bicyclic) bond motifs is 1. The molecular weight excluding hydrogens is 473 g/mol. The van der Waals surface area contributed by atoms with Gasteiger partial charge in [0.15, 0.2) is 5.75 Å². The van der Waals surface area contributed by atoms with Gasteiger partial charge in [0.25, 0.3) is 0 Å². The Morgan fingerprint density at radius 1 is 1.26 bits per heavy atom. The van der Waals surface area contributed by atoms with Crippen molar-refractivity contribution in [3.05, 3.63) is 47.7 Å². The van der Waals surface area contributed by atoms with Gasteiger partial charge in [-0.25, -0.2) is 0 Å². The van der Waals surface area contributed by atoms with Crippen molar-refractivity contribution in [2.45, 2.75) is 37.9 Å². The number of ether oxygens (including phenoxy) is 1. The zero-order chi connectivity index (χ0) is 24.7. The first-order valence-electron chi connectivity index (χ1n) is 10.4. The highest BCUT2D eigenvalue weighted by Crippen LogP contribution is 2.40. The minimum absolute atomic E-state index is 0.0631. The summed E-state index contributed by atoms with van der Waals surface area (Å²) in [5, 5.41) is 14.6. The van der Waals surface area contributed by atoms with E-state index >= 15 is 0 Å². The molecule has 34 heavy (non-hydrogen) atoms. The molecule has 0 radical (unpaired) electrons. The van der Waals surface area contributed by atoms with E-state index in [-0.39, 0.29) is 17.1 Å². The van der Waals surface area contributed by atoms with Crippen molar-refractivity contribution in [3.63, 3.8) is 0 Å². The lowest BCUT2D eigenvalue weighted by molar-refractivity contribution is -0.0500. The van der Waals surface area contributed by atoms with E-state index in [1.165, 1.54) is 6.07 Å². The molecule has 180 valence electrons. The summed E-state index contributed by atoms with van der Waals surface area (Å²) in [7, 11) is -4.42. The zero-order valence-electron chi connectivity index (χ0n) is 18.3. The largest absolute Gasteiger partial charge is 0.534 e. The summed E-state index contributed by atoms with van der Waals surface area (Å²) in [5.41, 5.74) is -4.61. The number of aromatic nitrogens is 2. The van der Waals surface area contributed by atoms with Crippen molar-refractivity contribution in [2.24, 2.45) is 0 Å². The van der Waals surface area contributed by atoms with Gasteiger partial charge in [0.1, 0.15) is 22.9 Å². The lowest BCUT2D eigenvalue weighted by Gasteiger charge is -2.25. The smallest absolute Gasteiger partial charge is 0.497 e. The van der Waals surface area contributed by atoms with Crippen LogP contribution in [0.2, 0.25) is 0 Å². The number of methoxy groups -OCH3 is 1. The molecule has 12 heteroatoms. The fourth-order valence-corrected chi connectivity index (χ4v) is 4.51. The molecule has 1 aromatic heterocycles. The minimum Gasteiger partial charge on any atom is -0.497 e. The van der Waals surface area contributed by atoms with E-state index in [0.29, 0.717) is 29.9 Å². The highest BCUT2D eigenvalue weighted by molar-refractivity contribution is 7.88. The number of anilines is 1. The third-order valence-electron chi connectivity index (χ3n) is 5.75. The molecule has 2 aromatic carbocycles. The fourth-order valence-electron chi connectivity index (χ4n) is 4.05. The number of alkyl halides is 3. The predicted octanol–water partition coefficient (Wildman–Crippen LogP) is 4.18. The first-order valence-corrected chi connectivity index (χ1v) is 11.8. The van der Waals surface area contributed by atoms with Crippen LogP contribution in [0.15, 0.2) is 36.5 Å². The molecule has 1 unspecified atom stereocenters. The number of nitriles is 1. The molecule has 0 bridgehead atoms. The second-order valence-corrected chi connectivity index (χ2v) is 9.52. The van der Waals surface area contributed by atoms with Crippen LogP contribution in [0.3, 0.4) is 0 Å². The summed E-state index contributed by atoms with van der Waals surface area (Å²) in [6, 6.07) is 10.3. The van der Waals surface area contributed by atoms with Crippen molar-refractivity contribution >= 4 is 26.7 Å². The fraction of sp³-hybridized carbons (Fsp3) is 0.364. The van der Waals surface area contributed by atoms with Gasteiger partial charge in [0.2, 0.25) is 0 Å². The van der Waals surface area contributed by atoms with Gasteiger partial charge in [-0.3, -0.25) is 4.68 Å². The number of nitrogens with zero attached hydrogens (tertiary/aromatic N) is 4. The Balaban J connectivity index is 1.85. The Hall–Kier alpha value is -3.46. The number of halogens is 3. The predicted molar refractivity (Wildman–Crippen MR) is 118 cm³/mol. The molecule has 1 atom stereocenters. The quantitative estimate of drug-likeness (QED) is 0.375. The summed E-state index contributed by atoms with van der Waals surface area (Å²) in [6.45, 7) is 2.90. The van der Waals surface area contributed by atoms with Gasteiger partial charge in [-0.15, -0.1) is 0 Å². The summed E-state index contributed by atoms with van der Waals surface area (Å²) < 4.78 is 73.5. The van der Waals surface area contributed by atoms with Crippen LogP contribution in [0.4, 0.5) is 18.9 Å². The number of hydrogen-bond acceptors (Lipinski definition) is 7. The van der Waals surface area contributed by atoms with Gasteiger partial charge >= 0.3 is 15.6 Å². The molecule has 1 aliphatic heterocycles. The highest BCUT2D eigenvalue weighted by atomic mass is 32.2. The first-order chi connectivity index (χ1) is 16.0. The van der Waals surface area contributed by atoms with Gasteiger partial charge in [0.05, 0.1) is 19.3 Å². The standard InChI is InChI=1S/C22H21F3N4O4S/c1-14-4-3-9-29(14)19-10-20(33-34(30,31)22(23,24)25)17(11-26)21-18(19)13-28(27-21)12-15-5-7-16(32-2)8-6-15/h5-8,10,13-14H,3-4,9,12H2,1-2H3. The third kappa shape index (κ3) is 4.35. The maximum Gasteiger partial charge on any atom is 0.534 e. The average molecular weight is 494 g/mol. The minimum atomic E-state index is -5.97. The molecule has 4 rings (SSSR count). The van der Waals surface area contributed by atoms with Gasteiger partial charge < -0.3 is 13.8 Å². The third-order valence-corrected chi connectivity index (χ3v) is 6.72. The number of benzene rings is 2. The second kappa shape index (κ2) is 8.72. The van der Waals surface area contributed by atoms with Crippen LogP contribution < -0.4 is 13.8 Å². The first kappa shape index (κ1) is 23.7. The molecule has 0 aliphatic carbocycles. The molecule has 2 heterocycles. The molecule has 1 saturated heterocycles. The molecule has 0 saturated carbocycles. The van der Waals surface area contributed by atoms with Gasteiger partial charge in [-0.2, -0.15) is 31.9 Å². The van der Waals surface area contributed by atoms with Crippen LogP contribution in [0.25, 0.3) is 10.9 Å². The molecule has 0 N–H and O–H groups in total. The second-order valence-electron chi connectivity index (χ2n) is 7.99. The van der Waals surface area contributed by atoms with E-state index < -0.39 is 21.4 Å². The molecule has 0 amide bonds. The van der Waals surface area contributed by atoms with E-state index in [1.54, 1.807) is 36.2 Å². The molecule has 8 nitrogen and oxygen atoms in total.